The number of hydrogen-bond acceptors (Lipinski definition) is 7. The van der Waals surface area contributed by atoms with Gasteiger partial charge in [-0.1, -0.05) is 6.07 Å². The maximum atomic E-state index is 5.72. The molecule has 1 aliphatic rings. The van der Waals surface area contributed by atoms with Gasteiger partial charge >= 0.3 is 0 Å². The number of imidazole rings is 1. The van der Waals surface area contributed by atoms with Crippen LogP contribution < -0.4 is 9.64 Å². The summed E-state index contributed by atoms with van der Waals surface area (Å²) in [5.41, 5.74) is 5.35. The molecule has 8 nitrogen and oxygen atoms in total. The Bertz CT molecular complexity index is 1490. The number of benzene rings is 2. The summed E-state index contributed by atoms with van der Waals surface area (Å²) in [6, 6.07) is 20.8. The molecule has 6 rings (SSSR count). The quantitative estimate of drug-likeness (QED) is 0.298. The van der Waals surface area contributed by atoms with Gasteiger partial charge in [0.25, 0.3) is 0 Å². The Balaban J connectivity index is 1.15. The number of methoxy groups -OCH3 is 1. The maximum Gasteiger partial charge on any atom is 0.139 e. The second kappa shape index (κ2) is 10.5. The highest BCUT2D eigenvalue weighted by Gasteiger charge is 2.18. The van der Waals surface area contributed by atoms with E-state index in [0.717, 1.165) is 66.2 Å². The Labute approximate surface area is 216 Å². The van der Waals surface area contributed by atoms with Crippen molar-refractivity contribution in [2.75, 3.05) is 51.4 Å². The minimum atomic E-state index is 0.512. The number of ether oxygens (including phenoxy) is 2. The van der Waals surface area contributed by atoms with E-state index in [-0.39, 0.29) is 0 Å². The van der Waals surface area contributed by atoms with Crippen LogP contribution in [0.1, 0.15) is 5.56 Å². The first kappa shape index (κ1) is 23.4. The average Bonchev–Trinajstić information content (AvgIpc) is 3.37. The average molecular weight is 495 g/mol. The van der Waals surface area contributed by atoms with Gasteiger partial charge in [0.1, 0.15) is 24.5 Å². The summed E-state index contributed by atoms with van der Waals surface area (Å²) >= 11 is 0. The summed E-state index contributed by atoms with van der Waals surface area (Å²) in [5.74, 6) is 1.63. The highest BCUT2D eigenvalue weighted by Crippen LogP contribution is 2.26. The van der Waals surface area contributed by atoms with Crippen LogP contribution in [0.3, 0.4) is 0 Å². The Morgan fingerprint density at radius 3 is 2.65 bits per heavy atom. The fourth-order valence-electron chi connectivity index (χ4n) is 4.85. The molecule has 0 radical (unpaired) electrons. The smallest absolute Gasteiger partial charge is 0.139 e. The van der Waals surface area contributed by atoms with Gasteiger partial charge in [-0.2, -0.15) is 0 Å². The highest BCUT2D eigenvalue weighted by atomic mass is 16.5. The van der Waals surface area contributed by atoms with Crippen LogP contribution in [0.4, 0.5) is 5.69 Å². The maximum absolute atomic E-state index is 5.72. The van der Waals surface area contributed by atoms with E-state index in [0.29, 0.717) is 13.2 Å². The van der Waals surface area contributed by atoms with Crippen molar-refractivity contribution in [3.63, 3.8) is 0 Å². The van der Waals surface area contributed by atoms with Crippen LogP contribution >= 0.6 is 0 Å². The van der Waals surface area contributed by atoms with Crippen molar-refractivity contribution in [1.29, 1.82) is 0 Å². The zero-order valence-electron chi connectivity index (χ0n) is 21.0. The lowest BCUT2D eigenvalue weighted by atomic mass is 10.1. The number of aromatic nitrogens is 4. The number of pyridine rings is 2. The molecule has 3 aromatic heterocycles. The van der Waals surface area contributed by atoms with Crippen molar-refractivity contribution < 1.29 is 9.47 Å². The molecule has 0 aliphatic carbocycles. The number of nitrogens with zero attached hydrogens (tertiary/aromatic N) is 6. The highest BCUT2D eigenvalue weighted by molar-refractivity contribution is 5.84. The Morgan fingerprint density at radius 2 is 1.81 bits per heavy atom. The van der Waals surface area contributed by atoms with Crippen molar-refractivity contribution in [3.8, 4) is 11.6 Å². The molecule has 0 amide bonds. The van der Waals surface area contributed by atoms with E-state index < -0.39 is 0 Å². The van der Waals surface area contributed by atoms with Gasteiger partial charge in [0.15, 0.2) is 0 Å². The van der Waals surface area contributed by atoms with Crippen molar-refractivity contribution in [3.05, 3.63) is 84.9 Å². The van der Waals surface area contributed by atoms with Gasteiger partial charge in [0.2, 0.25) is 0 Å². The summed E-state index contributed by atoms with van der Waals surface area (Å²) in [4.78, 5) is 18.7. The van der Waals surface area contributed by atoms with Gasteiger partial charge < -0.3 is 14.4 Å². The van der Waals surface area contributed by atoms with Crippen molar-refractivity contribution in [2.24, 2.45) is 0 Å². The van der Waals surface area contributed by atoms with Gasteiger partial charge in [-0.05, 0) is 54.1 Å². The second-order valence-electron chi connectivity index (χ2n) is 9.28. The molecule has 0 atom stereocenters. The van der Waals surface area contributed by atoms with Crippen LogP contribution in [0.15, 0.2) is 79.4 Å². The topological polar surface area (TPSA) is 68.5 Å². The Morgan fingerprint density at radius 1 is 0.892 bits per heavy atom. The molecule has 188 valence electrons. The van der Waals surface area contributed by atoms with E-state index in [1.807, 2.05) is 47.6 Å². The molecule has 0 spiro atoms. The van der Waals surface area contributed by atoms with Crippen molar-refractivity contribution >= 4 is 27.6 Å². The first-order valence-electron chi connectivity index (χ1n) is 12.6. The summed E-state index contributed by atoms with van der Waals surface area (Å²) < 4.78 is 12.8. The lowest BCUT2D eigenvalue weighted by Crippen LogP contribution is -2.45. The molecule has 4 heterocycles. The largest absolute Gasteiger partial charge is 0.491 e. The van der Waals surface area contributed by atoms with Crippen LogP contribution in [-0.2, 0) is 11.3 Å². The number of anilines is 1. The van der Waals surface area contributed by atoms with E-state index in [9.17, 15) is 0 Å². The molecule has 0 unspecified atom stereocenters. The predicted molar refractivity (Wildman–Crippen MR) is 145 cm³/mol. The lowest BCUT2D eigenvalue weighted by molar-refractivity contribution is 0.146. The molecule has 5 aromatic rings. The zero-order chi connectivity index (χ0) is 25.0. The molecule has 8 heteroatoms. The molecule has 0 bridgehead atoms. The first-order valence-corrected chi connectivity index (χ1v) is 12.6. The van der Waals surface area contributed by atoms with Gasteiger partial charge in [-0.15, -0.1) is 0 Å². The van der Waals surface area contributed by atoms with Crippen LogP contribution in [0.25, 0.3) is 27.8 Å². The van der Waals surface area contributed by atoms with Gasteiger partial charge in [0.05, 0.1) is 23.2 Å². The molecule has 1 saturated heterocycles. The number of rotatable bonds is 8. The summed E-state index contributed by atoms with van der Waals surface area (Å²) in [6.45, 7) is 6.12. The Kier molecular flexibility index (Phi) is 6.66. The van der Waals surface area contributed by atoms with Gasteiger partial charge in [-0.25, -0.2) is 9.97 Å². The molecular formula is C29H30N6O2. The van der Waals surface area contributed by atoms with Gasteiger partial charge in [0, 0.05) is 69.4 Å². The van der Waals surface area contributed by atoms with Crippen LogP contribution in [0.2, 0.25) is 0 Å². The zero-order valence-corrected chi connectivity index (χ0v) is 21.0. The van der Waals surface area contributed by atoms with E-state index in [1.54, 1.807) is 7.11 Å². The fraction of sp³-hybridized carbons (Fsp3) is 0.276. The lowest BCUT2D eigenvalue weighted by Gasteiger charge is -2.36. The van der Waals surface area contributed by atoms with E-state index >= 15 is 0 Å². The number of hydrogen-bond donors (Lipinski definition) is 0. The third-order valence-electron chi connectivity index (χ3n) is 6.85. The standard InChI is InChI=1S/C29H30N6O2/c1-36-15-16-37-25-6-8-28-27(18-25)31-21-35(28)29-9-4-23-17-24(5-7-26(23)32-29)34-13-11-33(12-14-34)20-22-3-2-10-30-19-22/h2-10,17-19,21H,11-16,20H2,1H3. The molecule has 0 saturated carbocycles. The van der Waals surface area contributed by atoms with Crippen LogP contribution in [-0.4, -0.2) is 70.9 Å². The molecule has 1 aliphatic heterocycles. The van der Waals surface area contributed by atoms with E-state index in [4.69, 9.17) is 14.5 Å². The summed E-state index contributed by atoms with van der Waals surface area (Å²) in [7, 11) is 1.66. The third kappa shape index (κ3) is 5.12. The fourth-order valence-corrected chi connectivity index (χ4v) is 4.85. The third-order valence-corrected chi connectivity index (χ3v) is 6.85. The molecule has 1 fully saturated rings. The summed E-state index contributed by atoms with van der Waals surface area (Å²) in [6.07, 6.45) is 5.60. The minimum Gasteiger partial charge on any atom is -0.491 e. The summed E-state index contributed by atoms with van der Waals surface area (Å²) in [5, 5.41) is 1.14. The van der Waals surface area contributed by atoms with Crippen molar-refractivity contribution in [2.45, 2.75) is 6.54 Å². The van der Waals surface area contributed by atoms with Gasteiger partial charge in [-0.3, -0.25) is 14.5 Å². The monoisotopic (exact) mass is 494 g/mol. The normalized spacial score (nSPS) is 14.5. The predicted octanol–water partition coefficient (Wildman–Crippen LogP) is 4.32. The van der Waals surface area contributed by atoms with Crippen LogP contribution in [0, 0.1) is 0 Å². The molecule has 2 aromatic carbocycles. The minimum absolute atomic E-state index is 0.512. The molecule has 0 N–H and O–H groups in total. The molecular weight excluding hydrogens is 464 g/mol. The molecule has 37 heavy (non-hydrogen) atoms. The second-order valence-corrected chi connectivity index (χ2v) is 9.28. The Hall–Kier alpha value is -4.01. The first-order chi connectivity index (χ1) is 18.3. The van der Waals surface area contributed by atoms with E-state index in [2.05, 4.69) is 56.2 Å². The van der Waals surface area contributed by atoms with Crippen LogP contribution in [0.5, 0.6) is 5.75 Å². The number of fused-ring (bicyclic) bond motifs is 2. The number of piperazine rings is 1. The van der Waals surface area contributed by atoms with E-state index in [1.165, 1.54) is 11.3 Å². The SMILES string of the molecule is COCCOc1ccc2c(c1)ncn2-c1ccc2cc(N3CCN(Cc4cccnc4)CC3)ccc2n1. The van der Waals surface area contributed by atoms with Crippen molar-refractivity contribution in [1.82, 2.24) is 24.4 Å².